The van der Waals surface area contributed by atoms with Crippen LogP contribution in [0, 0.1) is 5.41 Å². The molecule has 0 radical (unpaired) electrons. The Morgan fingerprint density at radius 3 is 2.74 bits per heavy atom. The number of hydrogen-bond acceptors (Lipinski definition) is 4. The van der Waals surface area contributed by atoms with Crippen molar-refractivity contribution < 1.29 is 14.4 Å². The van der Waals surface area contributed by atoms with Gasteiger partial charge in [-0.3, -0.25) is 14.4 Å². The van der Waals surface area contributed by atoms with Gasteiger partial charge in [-0.15, -0.1) is 11.3 Å². The number of rotatable bonds is 5. The Balaban J connectivity index is 2.04. The van der Waals surface area contributed by atoms with Gasteiger partial charge in [-0.25, -0.2) is 0 Å². The fraction of sp³-hybridized carbons (Fsp3) is 0.562. The van der Waals surface area contributed by atoms with Crippen LogP contribution in [-0.2, 0) is 9.59 Å². The van der Waals surface area contributed by atoms with Gasteiger partial charge in [0.1, 0.15) is 6.04 Å². The molecule has 1 saturated heterocycles. The van der Waals surface area contributed by atoms with Gasteiger partial charge >= 0.3 is 0 Å². The van der Waals surface area contributed by atoms with E-state index in [9.17, 15) is 14.4 Å². The minimum atomic E-state index is -0.813. The molecular weight excluding hydrogens is 314 g/mol. The van der Waals surface area contributed by atoms with Crippen LogP contribution in [0.5, 0.6) is 0 Å². The van der Waals surface area contributed by atoms with Gasteiger partial charge in [0, 0.05) is 13.1 Å². The summed E-state index contributed by atoms with van der Waals surface area (Å²) in [5.41, 5.74) is 4.51. The number of nitrogens with one attached hydrogen (secondary N) is 1. The van der Waals surface area contributed by atoms with Crippen LogP contribution in [-0.4, -0.2) is 41.8 Å². The maximum Gasteiger partial charge on any atom is 0.264 e. The Morgan fingerprint density at radius 1 is 1.39 bits per heavy atom. The number of hydrogen-bond donors (Lipinski definition) is 2. The minimum Gasteiger partial charge on any atom is -0.369 e. The Kier molecular flexibility index (Phi) is 5.41. The second-order valence-corrected chi connectivity index (χ2v) is 7.40. The molecule has 1 atom stereocenters. The summed E-state index contributed by atoms with van der Waals surface area (Å²) in [6.07, 6.45) is 2.44. The van der Waals surface area contributed by atoms with E-state index in [-0.39, 0.29) is 18.4 Å². The molecule has 0 aromatic carbocycles. The summed E-state index contributed by atoms with van der Waals surface area (Å²) < 4.78 is 0. The lowest BCUT2D eigenvalue weighted by molar-refractivity contribution is -0.129. The van der Waals surface area contributed by atoms with Crippen molar-refractivity contribution >= 4 is 29.1 Å². The highest BCUT2D eigenvalue weighted by molar-refractivity contribution is 7.12. The van der Waals surface area contributed by atoms with Crippen molar-refractivity contribution in [3.8, 4) is 0 Å². The first-order valence-corrected chi connectivity index (χ1v) is 8.63. The molecule has 1 aromatic rings. The van der Waals surface area contributed by atoms with Crippen molar-refractivity contribution in [2.75, 3.05) is 13.1 Å². The van der Waals surface area contributed by atoms with Gasteiger partial charge in [0.25, 0.3) is 5.91 Å². The molecule has 2 rings (SSSR count). The van der Waals surface area contributed by atoms with Crippen molar-refractivity contribution in [2.45, 2.75) is 39.2 Å². The lowest BCUT2D eigenvalue weighted by Gasteiger charge is -2.35. The molecule has 6 nitrogen and oxygen atoms in total. The van der Waals surface area contributed by atoms with Crippen LogP contribution in [0.1, 0.15) is 42.8 Å². The summed E-state index contributed by atoms with van der Waals surface area (Å²) in [7, 11) is 0. The summed E-state index contributed by atoms with van der Waals surface area (Å²) in [5, 5.41) is 4.62. The van der Waals surface area contributed by atoms with Crippen molar-refractivity contribution in [1.82, 2.24) is 10.2 Å². The zero-order valence-corrected chi connectivity index (χ0v) is 14.3. The summed E-state index contributed by atoms with van der Waals surface area (Å²) in [5.74, 6) is -0.786. The van der Waals surface area contributed by atoms with Crippen molar-refractivity contribution in [3.05, 3.63) is 22.4 Å². The Bertz CT molecular complexity index is 583. The normalized spacial score (nSPS) is 18.5. The van der Waals surface area contributed by atoms with Gasteiger partial charge in [-0.05, 0) is 44.6 Å². The van der Waals surface area contributed by atoms with E-state index in [1.54, 1.807) is 24.8 Å². The van der Waals surface area contributed by atoms with Gasteiger partial charge in [-0.1, -0.05) is 6.07 Å². The van der Waals surface area contributed by atoms with Gasteiger partial charge in [0.05, 0.1) is 10.3 Å². The third kappa shape index (κ3) is 4.10. The summed E-state index contributed by atoms with van der Waals surface area (Å²) in [4.78, 5) is 38.7. The molecule has 126 valence electrons. The first kappa shape index (κ1) is 17.5. The molecule has 0 aliphatic carbocycles. The first-order chi connectivity index (χ1) is 10.8. The largest absolute Gasteiger partial charge is 0.369 e. The smallest absolute Gasteiger partial charge is 0.264 e. The van der Waals surface area contributed by atoms with Crippen LogP contribution in [0.2, 0.25) is 0 Å². The standard InChI is InChI=1S/C16H23N3O3S/c1-16(2,15(17)22)10-18-13(20)11-6-3-4-8-19(11)14(21)12-7-5-9-23-12/h5,7,9,11H,3-4,6,8,10H2,1-2H3,(H2,17,22)(H,18,20). The number of likely N-dealkylation sites (tertiary alicyclic amines) is 1. The zero-order valence-electron chi connectivity index (χ0n) is 13.5. The van der Waals surface area contributed by atoms with E-state index >= 15 is 0 Å². The Labute approximate surface area is 140 Å². The molecule has 23 heavy (non-hydrogen) atoms. The van der Waals surface area contributed by atoms with E-state index in [0.717, 1.165) is 12.8 Å². The Hall–Kier alpha value is -1.89. The van der Waals surface area contributed by atoms with Crippen molar-refractivity contribution in [2.24, 2.45) is 11.1 Å². The van der Waals surface area contributed by atoms with Crippen LogP contribution in [0.4, 0.5) is 0 Å². The quantitative estimate of drug-likeness (QED) is 0.850. The molecule has 2 heterocycles. The summed E-state index contributed by atoms with van der Waals surface area (Å²) in [6, 6.07) is 3.11. The van der Waals surface area contributed by atoms with Crippen LogP contribution >= 0.6 is 11.3 Å². The maximum atomic E-state index is 12.6. The topological polar surface area (TPSA) is 92.5 Å². The third-order valence-electron chi connectivity index (χ3n) is 4.17. The fourth-order valence-electron chi connectivity index (χ4n) is 2.50. The summed E-state index contributed by atoms with van der Waals surface area (Å²) >= 11 is 1.38. The molecule has 1 aliphatic heterocycles. The highest BCUT2D eigenvalue weighted by Crippen LogP contribution is 2.22. The predicted octanol–water partition coefficient (Wildman–Crippen LogP) is 1.37. The number of carbonyl (C=O) groups excluding carboxylic acids is 3. The number of carbonyl (C=O) groups is 3. The van der Waals surface area contributed by atoms with E-state index in [2.05, 4.69) is 5.32 Å². The van der Waals surface area contributed by atoms with Crippen molar-refractivity contribution in [1.29, 1.82) is 0 Å². The molecule has 1 aromatic heterocycles. The van der Waals surface area contributed by atoms with Crippen LogP contribution in [0.25, 0.3) is 0 Å². The number of nitrogens with zero attached hydrogens (tertiary/aromatic N) is 1. The predicted molar refractivity (Wildman–Crippen MR) is 89.0 cm³/mol. The molecule has 3 N–H and O–H groups in total. The summed E-state index contributed by atoms with van der Waals surface area (Å²) in [6.45, 7) is 4.11. The fourth-order valence-corrected chi connectivity index (χ4v) is 3.18. The molecule has 3 amide bonds. The number of amides is 3. The van der Waals surface area contributed by atoms with Crippen LogP contribution in [0.15, 0.2) is 17.5 Å². The molecule has 0 saturated carbocycles. The molecule has 1 fully saturated rings. The molecule has 7 heteroatoms. The first-order valence-electron chi connectivity index (χ1n) is 7.75. The molecule has 0 bridgehead atoms. The monoisotopic (exact) mass is 337 g/mol. The highest BCUT2D eigenvalue weighted by Gasteiger charge is 2.34. The van der Waals surface area contributed by atoms with Gasteiger partial charge in [-0.2, -0.15) is 0 Å². The lowest BCUT2D eigenvalue weighted by atomic mass is 9.92. The number of thiophene rings is 1. The van der Waals surface area contributed by atoms with E-state index in [1.807, 2.05) is 11.4 Å². The average Bonchev–Trinajstić information content (AvgIpc) is 3.06. The third-order valence-corrected chi connectivity index (χ3v) is 5.03. The molecule has 1 unspecified atom stereocenters. The van der Waals surface area contributed by atoms with Crippen LogP contribution < -0.4 is 11.1 Å². The average molecular weight is 337 g/mol. The number of primary amides is 1. The minimum absolute atomic E-state index is 0.103. The Morgan fingerprint density at radius 2 is 2.13 bits per heavy atom. The molecule has 1 aliphatic rings. The van der Waals surface area contributed by atoms with E-state index < -0.39 is 17.4 Å². The van der Waals surface area contributed by atoms with E-state index in [1.165, 1.54) is 11.3 Å². The van der Waals surface area contributed by atoms with Gasteiger partial charge in [0.15, 0.2) is 0 Å². The van der Waals surface area contributed by atoms with E-state index in [4.69, 9.17) is 5.73 Å². The van der Waals surface area contributed by atoms with E-state index in [0.29, 0.717) is 17.8 Å². The van der Waals surface area contributed by atoms with Gasteiger partial charge in [0.2, 0.25) is 11.8 Å². The van der Waals surface area contributed by atoms with Crippen molar-refractivity contribution in [3.63, 3.8) is 0 Å². The van der Waals surface area contributed by atoms with Crippen LogP contribution in [0.3, 0.4) is 0 Å². The van der Waals surface area contributed by atoms with Gasteiger partial charge < -0.3 is 16.0 Å². The lowest BCUT2D eigenvalue weighted by Crippen LogP contribution is -2.53. The molecular formula is C16H23N3O3S. The highest BCUT2D eigenvalue weighted by atomic mass is 32.1. The second kappa shape index (κ2) is 7.12. The molecule has 0 spiro atoms. The maximum absolute atomic E-state index is 12.6. The zero-order chi connectivity index (χ0) is 17.0. The number of piperidine rings is 1. The second-order valence-electron chi connectivity index (χ2n) is 6.45. The SMILES string of the molecule is CC(C)(CNC(=O)C1CCCCN1C(=O)c1cccs1)C(N)=O. The number of nitrogens with two attached hydrogens (primary N) is 1.